The fraction of sp³-hybridized carbons (Fsp3) is 0.773. The molecule has 0 aromatic rings. The lowest BCUT2D eigenvalue weighted by atomic mass is 10.0. The van der Waals surface area contributed by atoms with Crippen molar-refractivity contribution in [2.45, 2.75) is 89.4 Å². The number of nitrogens with two attached hydrogens (primary N) is 3. The number of hydrogen-bond acceptors (Lipinski definition) is 8. The fourth-order valence-electron chi connectivity index (χ4n) is 3.30. The Hall–Kier alpha value is -2.77. The number of aliphatic carboxylic acids is 2. The molecule has 0 spiro atoms. The van der Waals surface area contributed by atoms with Crippen LogP contribution in [0.3, 0.4) is 0 Å². The van der Waals surface area contributed by atoms with Crippen LogP contribution in [-0.4, -0.2) is 77.1 Å². The minimum atomic E-state index is -1.65. The standard InChI is InChI=1S/C22H42N6O7/c1-13(2)11-16(21(33)28-17(22(34)35)12-18(29)30)27-20(32)15(8-4-6-10-24)26-19(31)14(25)7-3-5-9-23/h13-17H,3-12,23-25H2,1-2H3,(H,26,31)(H,27,32)(H,28,33)(H,29,30)(H,34,35). The molecule has 4 atom stereocenters. The predicted octanol–water partition coefficient (Wildman–Crippen LogP) is -1.37. The summed E-state index contributed by atoms with van der Waals surface area (Å²) in [5.74, 6) is -4.93. The lowest BCUT2D eigenvalue weighted by Gasteiger charge is -2.26. The Bertz CT molecular complexity index is 704. The first-order valence-electron chi connectivity index (χ1n) is 11.9. The molecule has 0 saturated carbocycles. The van der Waals surface area contributed by atoms with Crippen molar-refractivity contribution >= 4 is 29.7 Å². The molecular weight excluding hydrogens is 460 g/mol. The number of amides is 3. The number of carboxylic acid groups (broad SMARTS) is 2. The van der Waals surface area contributed by atoms with E-state index in [1.165, 1.54) is 0 Å². The third-order valence-electron chi connectivity index (χ3n) is 5.22. The van der Waals surface area contributed by atoms with Crippen molar-refractivity contribution < 1.29 is 34.2 Å². The molecule has 11 N–H and O–H groups in total. The van der Waals surface area contributed by atoms with Gasteiger partial charge in [-0.25, -0.2) is 4.79 Å². The molecule has 13 nitrogen and oxygen atoms in total. The molecule has 202 valence electrons. The van der Waals surface area contributed by atoms with E-state index < -0.39 is 60.2 Å². The van der Waals surface area contributed by atoms with E-state index in [1.807, 2.05) is 0 Å². The van der Waals surface area contributed by atoms with E-state index in [4.69, 9.17) is 22.3 Å². The maximum absolute atomic E-state index is 13.0. The number of carbonyl (C=O) groups excluding carboxylic acids is 3. The second kappa shape index (κ2) is 17.6. The largest absolute Gasteiger partial charge is 0.481 e. The lowest BCUT2D eigenvalue weighted by molar-refractivity contribution is -0.147. The van der Waals surface area contributed by atoms with Crippen LogP contribution in [0.4, 0.5) is 0 Å². The fourth-order valence-corrected chi connectivity index (χ4v) is 3.30. The highest BCUT2D eigenvalue weighted by molar-refractivity contribution is 5.94. The summed E-state index contributed by atoms with van der Waals surface area (Å²) in [5, 5.41) is 25.5. The molecule has 0 radical (unpaired) electrons. The van der Waals surface area contributed by atoms with E-state index in [2.05, 4.69) is 16.0 Å². The van der Waals surface area contributed by atoms with Crippen LogP contribution in [0.2, 0.25) is 0 Å². The van der Waals surface area contributed by atoms with Gasteiger partial charge in [0.15, 0.2) is 0 Å². The summed E-state index contributed by atoms with van der Waals surface area (Å²) >= 11 is 0. The average Bonchev–Trinajstić information content (AvgIpc) is 2.76. The van der Waals surface area contributed by atoms with Crippen LogP contribution in [0.5, 0.6) is 0 Å². The number of hydrogen-bond donors (Lipinski definition) is 8. The van der Waals surface area contributed by atoms with Gasteiger partial charge in [0.1, 0.15) is 18.1 Å². The molecule has 4 unspecified atom stereocenters. The highest BCUT2D eigenvalue weighted by atomic mass is 16.4. The van der Waals surface area contributed by atoms with Gasteiger partial charge in [-0.1, -0.05) is 20.3 Å². The molecule has 0 saturated heterocycles. The van der Waals surface area contributed by atoms with Crippen LogP contribution in [0.15, 0.2) is 0 Å². The van der Waals surface area contributed by atoms with Gasteiger partial charge >= 0.3 is 11.9 Å². The van der Waals surface area contributed by atoms with Crippen molar-refractivity contribution in [1.82, 2.24) is 16.0 Å². The zero-order chi connectivity index (χ0) is 27.0. The van der Waals surface area contributed by atoms with E-state index in [0.29, 0.717) is 45.2 Å². The zero-order valence-electron chi connectivity index (χ0n) is 20.6. The molecule has 0 bridgehead atoms. The van der Waals surface area contributed by atoms with Gasteiger partial charge in [-0.2, -0.15) is 0 Å². The maximum atomic E-state index is 13.0. The molecule has 0 aromatic heterocycles. The van der Waals surface area contributed by atoms with Gasteiger partial charge in [-0.05, 0) is 57.5 Å². The molecule has 0 aliphatic carbocycles. The van der Waals surface area contributed by atoms with Gasteiger partial charge < -0.3 is 43.4 Å². The van der Waals surface area contributed by atoms with E-state index >= 15 is 0 Å². The van der Waals surface area contributed by atoms with Crippen molar-refractivity contribution in [3.05, 3.63) is 0 Å². The predicted molar refractivity (Wildman–Crippen MR) is 129 cm³/mol. The smallest absolute Gasteiger partial charge is 0.326 e. The number of unbranched alkanes of at least 4 members (excludes halogenated alkanes) is 2. The molecule has 0 fully saturated rings. The molecular formula is C22H42N6O7. The van der Waals surface area contributed by atoms with E-state index in [9.17, 15) is 29.1 Å². The minimum absolute atomic E-state index is 0.0601. The molecule has 13 heteroatoms. The first-order valence-corrected chi connectivity index (χ1v) is 11.9. The molecule has 35 heavy (non-hydrogen) atoms. The quantitative estimate of drug-likeness (QED) is 0.0963. The van der Waals surface area contributed by atoms with Crippen molar-refractivity contribution in [3.8, 4) is 0 Å². The normalized spacial score (nSPS) is 14.5. The SMILES string of the molecule is CC(C)CC(NC(=O)C(CCCCN)NC(=O)C(N)CCCCN)C(=O)NC(CC(=O)O)C(=O)O. The van der Waals surface area contributed by atoms with E-state index in [0.717, 1.165) is 0 Å². The summed E-state index contributed by atoms with van der Waals surface area (Å²) in [6.07, 6.45) is 2.54. The Morgan fingerprint density at radius 3 is 1.69 bits per heavy atom. The van der Waals surface area contributed by atoms with Crippen LogP contribution < -0.4 is 33.2 Å². The number of carbonyl (C=O) groups is 5. The summed E-state index contributed by atoms with van der Waals surface area (Å²) < 4.78 is 0. The van der Waals surface area contributed by atoms with Crippen molar-refractivity contribution in [2.24, 2.45) is 23.1 Å². The Morgan fingerprint density at radius 2 is 1.20 bits per heavy atom. The molecule has 0 aliphatic rings. The van der Waals surface area contributed by atoms with E-state index in [1.54, 1.807) is 13.8 Å². The first-order chi connectivity index (χ1) is 16.4. The highest BCUT2D eigenvalue weighted by Gasteiger charge is 2.31. The summed E-state index contributed by atoms with van der Waals surface area (Å²) in [7, 11) is 0. The Labute approximate surface area is 205 Å². The van der Waals surface area contributed by atoms with E-state index in [-0.39, 0.29) is 18.8 Å². The molecule has 0 heterocycles. The van der Waals surface area contributed by atoms with Gasteiger partial charge in [0.25, 0.3) is 0 Å². The van der Waals surface area contributed by atoms with Gasteiger partial charge in [-0.3, -0.25) is 19.2 Å². The molecule has 0 rings (SSSR count). The maximum Gasteiger partial charge on any atom is 0.326 e. The van der Waals surface area contributed by atoms with Crippen LogP contribution in [0.1, 0.15) is 65.2 Å². The Morgan fingerprint density at radius 1 is 0.714 bits per heavy atom. The van der Waals surface area contributed by atoms with Gasteiger partial charge in [0, 0.05) is 0 Å². The van der Waals surface area contributed by atoms with Crippen molar-refractivity contribution in [1.29, 1.82) is 0 Å². The average molecular weight is 503 g/mol. The number of rotatable bonds is 19. The second-order valence-corrected chi connectivity index (χ2v) is 8.92. The molecule has 3 amide bonds. The molecule has 0 aliphatic heterocycles. The monoisotopic (exact) mass is 502 g/mol. The van der Waals surface area contributed by atoms with Crippen molar-refractivity contribution in [2.75, 3.05) is 13.1 Å². The van der Waals surface area contributed by atoms with Gasteiger partial charge in [0.2, 0.25) is 17.7 Å². The second-order valence-electron chi connectivity index (χ2n) is 8.92. The summed E-state index contributed by atoms with van der Waals surface area (Å²) in [4.78, 5) is 60.6. The Kier molecular flexibility index (Phi) is 16.2. The van der Waals surface area contributed by atoms with Crippen LogP contribution >= 0.6 is 0 Å². The topological polar surface area (TPSA) is 240 Å². The summed E-state index contributed by atoms with van der Waals surface area (Å²) in [5.41, 5.74) is 16.9. The summed E-state index contributed by atoms with van der Waals surface area (Å²) in [6, 6.07) is -4.59. The lowest BCUT2D eigenvalue weighted by Crippen LogP contribution is -2.57. The van der Waals surface area contributed by atoms with Crippen LogP contribution in [-0.2, 0) is 24.0 Å². The summed E-state index contributed by atoms with van der Waals surface area (Å²) in [6.45, 7) is 4.49. The third kappa shape index (κ3) is 14.3. The number of carboxylic acids is 2. The van der Waals surface area contributed by atoms with Gasteiger partial charge in [0.05, 0.1) is 12.5 Å². The van der Waals surface area contributed by atoms with Crippen molar-refractivity contribution in [3.63, 3.8) is 0 Å². The minimum Gasteiger partial charge on any atom is -0.481 e. The van der Waals surface area contributed by atoms with Crippen LogP contribution in [0.25, 0.3) is 0 Å². The zero-order valence-corrected chi connectivity index (χ0v) is 20.6. The number of nitrogens with one attached hydrogen (secondary N) is 3. The van der Waals surface area contributed by atoms with Crippen LogP contribution in [0, 0.1) is 5.92 Å². The third-order valence-corrected chi connectivity index (χ3v) is 5.22. The highest BCUT2D eigenvalue weighted by Crippen LogP contribution is 2.09. The Balaban J connectivity index is 5.46. The molecule has 0 aromatic carbocycles. The van der Waals surface area contributed by atoms with Gasteiger partial charge in [-0.15, -0.1) is 0 Å². The first kappa shape index (κ1) is 32.2.